The summed E-state index contributed by atoms with van der Waals surface area (Å²) in [4.78, 5) is 34.2. The Morgan fingerprint density at radius 3 is 2.83 bits per heavy atom. The fourth-order valence-corrected chi connectivity index (χ4v) is 3.64. The highest BCUT2D eigenvalue weighted by molar-refractivity contribution is 7.12. The average molecular weight is 423 g/mol. The van der Waals surface area contributed by atoms with Crippen LogP contribution in [0.2, 0.25) is 0 Å². The normalized spacial score (nSPS) is 11.2. The van der Waals surface area contributed by atoms with Crippen LogP contribution in [0.15, 0.2) is 59.0 Å². The zero-order chi connectivity index (χ0) is 21.1. The zero-order valence-electron chi connectivity index (χ0n) is 16.6. The fraction of sp³-hybridized carbons (Fsp3) is 0.238. The molecule has 0 aliphatic carbocycles. The molecule has 3 heterocycles. The molecule has 4 rings (SSSR count). The molecule has 0 spiro atoms. The van der Waals surface area contributed by atoms with Gasteiger partial charge >= 0.3 is 0 Å². The molecule has 0 aliphatic heterocycles. The SMILES string of the molecule is CC(C)Cn1cnc2nc(COc3ccccc3NC(=O)c3cccs3)cc(=O)n21. The Kier molecular flexibility index (Phi) is 5.62. The highest BCUT2D eigenvalue weighted by Crippen LogP contribution is 2.25. The summed E-state index contributed by atoms with van der Waals surface area (Å²) in [7, 11) is 0. The topological polar surface area (TPSA) is 90.5 Å². The lowest BCUT2D eigenvalue weighted by molar-refractivity contribution is 0.103. The number of hydrogen-bond donors (Lipinski definition) is 1. The maximum Gasteiger partial charge on any atom is 0.274 e. The van der Waals surface area contributed by atoms with Crippen molar-refractivity contribution in [2.75, 3.05) is 5.32 Å². The van der Waals surface area contributed by atoms with Crippen molar-refractivity contribution >= 4 is 28.7 Å². The summed E-state index contributed by atoms with van der Waals surface area (Å²) >= 11 is 1.37. The minimum Gasteiger partial charge on any atom is -0.485 e. The van der Waals surface area contributed by atoms with Crippen molar-refractivity contribution in [2.45, 2.75) is 27.0 Å². The first kappa shape index (κ1) is 19.8. The van der Waals surface area contributed by atoms with Crippen LogP contribution in [0.25, 0.3) is 5.78 Å². The van der Waals surface area contributed by atoms with Gasteiger partial charge in [0.05, 0.1) is 16.3 Å². The van der Waals surface area contributed by atoms with Crippen molar-refractivity contribution in [3.05, 3.63) is 75.1 Å². The van der Waals surface area contributed by atoms with Crippen molar-refractivity contribution < 1.29 is 9.53 Å². The van der Waals surface area contributed by atoms with E-state index >= 15 is 0 Å². The van der Waals surface area contributed by atoms with E-state index in [1.54, 1.807) is 29.2 Å². The molecule has 1 aromatic carbocycles. The maximum atomic E-state index is 12.6. The first-order valence-corrected chi connectivity index (χ1v) is 10.4. The van der Waals surface area contributed by atoms with Crippen molar-refractivity contribution in [1.82, 2.24) is 19.2 Å². The average Bonchev–Trinajstić information content (AvgIpc) is 3.38. The molecular weight excluding hydrogens is 402 g/mol. The molecule has 0 radical (unpaired) electrons. The van der Waals surface area contributed by atoms with Gasteiger partial charge < -0.3 is 10.1 Å². The number of ether oxygens (including phenoxy) is 1. The van der Waals surface area contributed by atoms with Gasteiger partial charge in [-0.05, 0) is 29.5 Å². The number of anilines is 1. The predicted molar refractivity (Wildman–Crippen MR) is 115 cm³/mol. The van der Waals surface area contributed by atoms with Gasteiger partial charge in [0.2, 0.25) is 0 Å². The van der Waals surface area contributed by atoms with E-state index in [9.17, 15) is 9.59 Å². The number of para-hydroxylation sites is 2. The van der Waals surface area contributed by atoms with Gasteiger partial charge in [0.1, 0.15) is 18.7 Å². The van der Waals surface area contributed by atoms with Gasteiger partial charge in [-0.2, -0.15) is 9.50 Å². The molecule has 0 saturated carbocycles. The van der Waals surface area contributed by atoms with E-state index < -0.39 is 0 Å². The summed E-state index contributed by atoms with van der Waals surface area (Å²) in [5.41, 5.74) is 0.806. The second kappa shape index (κ2) is 8.50. The number of rotatable bonds is 7. The van der Waals surface area contributed by atoms with Crippen LogP contribution in [0.3, 0.4) is 0 Å². The Labute approximate surface area is 176 Å². The predicted octanol–water partition coefficient (Wildman–Crippen LogP) is 3.44. The third kappa shape index (κ3) is 4.25. The molecule has 154 valence electrons. The molecule has 9 heteroatoms. The number of thiophene rings is 1. The van der Waals surface area contributed by atoms with E-state index in [2.05, 4.69) is 29.1 Å². The summed E-state index contributed by atoms with van der Waals surface area (Å²) < 4.78 is 9.08. The number of nitrogens with one attached hydrogen (secondary N) is 1. The molecule has 0 atom stereocenters. The van der Waals surface area contributed by atoms with Crippen molar-refractivity contribution in [1.29, 1.82) is 0 Å². The van der Waals surface area contributed by atoms with Gasteiger partial charge in [0.25, 0.3) is 17.2 Å². The molecule has 0 aliphatic rings. The minimum absolute atomic E-state index is 0.0780. The van der Waals surface area contributed by atoms with Crippen LogP contribution in [0.4, 0.5) is 5.69 Å². The second-order valence-corrected chi connectivity index (χ2v) is 8.12. The molecule has 0 fully saturated rings. The van der Waals surface area contributed by atoms with Gasteiger partial charge in [-0.25, -0.2) is 4.98 Å². The number of carbonyl (C=O) groups excluding carboxylic acids is 1. The van der Waals surface area contributed by atoms with Crippen molar-refractivity contribution in [3.8, 4) is 5.75 Å². The molecule has 0 bridgehead atoms. The van der Waals surface area contributed by atoms with Gasteiger partial charge in [0.15, 0.2) is 0 Å². The summed E-state index contributed by atoms with van der Waals surface area (Å²) in [6.45, 7) is 4.89. The zero-order valence-corrected chi connectivity index (χ0v) is 17.4. The Bertz CT molecular complexity index is 1230. The highest BCUT2D eigenvalue weighted by atomic mass is 32.1. The monoisotopic (exact) mass is 423 g/mol. The van der Waals surface area contributed by atoms with Gasteiger partial charge in [-0.3, -0.25) is 14.3 Å². The van der Waals surface area contributed by atoms with Crippen LogP contribution >= 0.6 is 11.3 Å². The molecule has 3 aromatic heterocycles. The third-order valence-electron chi connectivity index (χ3n) is 4.30. The van der Waals surface area contributed by atoms with Crippen LogP contribution in [-0.2, 0) is 13.2 Å². The van der Waals surface area contributed by atoms with Crippen LogP contribution in [0, 0.1) is 5.92 Å². The molecule has 4 aromatic rings. The number of fused-ring (bicyclic) bond motifs is 1. The largest absolute Gasteiger partial charge is 0.485 e. The Balaban J connectivity index is 1.52. The molecule has 1 N–H and O–H groups in total. The summed E-state index contributed by atoms with van der Waals surface area (Å²) in [6.07, 6.45) is 1.61. The van der Waals surface area contributed by atoms with E-state index in [1.807, 2.05) is 23.6 Å². The van der Waals surface area contributed by atoms with Crippen molar-refractivity contribution in [3.63, 3.8) is 0 Å². The number of amides is 1. The lowest BCUT2D eigenvalue weighted by Gasteiger charge is -2.12. The summed E-state index contributed by atoms with van der Waals surface area (Å²) in [5.74, 6) is 1.00. The Morgan fingerprint density at radius 2 is 2.07 bits per heavy atom. The maximum absolute atomic E-state index is 12.6. The van der Waals surface area contributed by atoms with E-state index in [1.165, 1.54) is 21.9 Å². The molecule has 8 nitrogen and oxygen atoms in total. The lowest BCUT2D eigenvalue weighted by atomic mass is 10.2. The first-order chi connectivity index (χ1) is 14.5. The second-order valence-electron chi connectivity index (χ2n) is 7.17. The highest BCUT2D eigenvalue weighted by Gasteiger charge is 2.13. The smallest absolute Gasteiger partial charge is 0.274 e. The van der Waals surface area contributed by atoms with E-state index in [0.29, 0.717) is 40.2 Å². The summed E-state index contributed by atoms with van der Waals surface area (Å²) in [6, 6.07) is 12.2. The number of nitrogens with zero attached hydrogens (tertiary/aromatic N) is 4. The fourth-order valence-electron chi connectivity index (χ4n) is 3.02. The summed E-state index contributed by atoms with van der Waals surface area (Å²) in [5, 5.41) is 4.70. The third-order valence-corrected chi connectivity index (χ3v) is 5.17. The van der Waals surface area contributed by atoms with Crippen LogP contribution in [-0.4, -0.2) is 25.1 Å². The first-order valence-electron chi connectivity index (χ1n) is 9.52. The van der Waals surface area contributed by atoms with Crippen LogP contribution in [0.1, 0.15) is 29.2 Å². The molecule has 0 unspecified atom stereocenters. The molecule has 30 heavy (non-hydrogen) atoms. The van der Waals surface area contributed by atoms with Crippen LogP contribution in [0.5, 0.6) is 5.75 Å². The van der Waals surface area contributed by atoms with Crippen molar-refractivity contribution in [2.24, 2.45) is 5.92 Å². The van der Waals surface area contributed by atoms with E-state index in [4.69, 9.17) is 4.74 Å². The lowest BCUT2D eigenvalue weighted by Crippen LogP contribution is -2.23. The van der Waals surface area contributed by atoms with E-state index in [0.717, 1.165) is 0 Å². The van der Waals surface area contributed by atoms with E-state index in [-0.39, 0.29) is 18.1 Å². The molecule has 0 saturated heterocycles. The number of benzene rings is 1. The Hall–Kier alpha value is -3.46. The van der Waals surface area contributed by atoms with Gasteiger partial charge in [-0.1, -0.05) is 32.0 Å². The Morgan fingerprint density at radius 1 is 1.23 bits per heavy atom. The number of hydrogen-bond acceptors (Lipinski definition) is 6. The standard InChI is InChI=1S/C21H21N5O3S/c1-14(2)11-25-13-22-21-23-15(10-19(27)26(21)25)12-29-17-7-4-3-6-16(17)24-20(28)18-8-5-9-30-18/h3-10,13-14H,11-12H2,1-2H3,(H,24,28). The number of aromatic nitrogens is 4. The number of carbonyl (C=O) groups is 1. The quantitative estimate of drug-likeness (QED) is 0.492. The molecular formula is C21H21N5O3S. The van der Waals surface area contributed by atoms with Crippen LogP contribution < -0.4 is 15.6 Å². The minimum atomic E-state index is -0.212. The van der Waals surface area contributed by atoms with Gasteiger partial charge in [-0.15, -0.1) is 11.3 Å². The molecule has 1 amide bonds. The van der Waals surface area contributed by atoms with Gasteiger partial charge in [0, 0.05) is 12.6 Å².